The Morgan fingerprint density at radius 3 is 1.78 bits per heavy atom. The van der Waals surface area contributed by atoms with Gasteiger partial charge >= 0.3 is 7.75 Å². The fourth-order valence-electron chi connectivity index (χ4n) is 0.166. The van der Waals surface area contributed by atoms with Crippen LogP contribution < -0.4 is 9.63 Å². The van der Waals surface area contributed by atoms with Gasteiger partial charge in [0.2, 0.25) is 0 Å². The zero-order valence-corrected chi connectivity index (χ0v) is 5.76. The topological polar surface area (TPSA) is 130 Å². The minimum absolute atomic E-state index is 0.875. The zero-order valence-electron chi connectivity index (χ0n) is 4.05. The van der Waals surface area contributed by atoms with Crippen LogP contribution in [0.4, 0.5) is 0 Å². The molecular formula is H5N2O5PS. The molecule has 0 aliphatic rings. The van der Waals surface area contributed by atoms with Gasteiger partial charge in [-0.15, -0.1) is 4.49 Å². The van der Waals surface area contributed by atoms with Crippen LogP contribution in [0.5, 0.6) is 0 Å². The van der Waals surface area contributed by atoms with Gasteiger partial charge in [-0.1, -0.05) is 0 Å². The van der Waals surface area contributed by atoms with Crippen LogP contribution >= 0.6 is 7.75 Å². The van der Waals surface area contributed by atoms with Crippen molar-refractivity contribution in [2.24, 2.45) is 5.14 Å². The summed E-state index contributed by atoms with van der Waals surface area (Å²) in [6.07, 6.45) is 0. The Bertz CT molecular complexity index is 221. The highest BCUT2D eigenvalue weighted by atomic mass is 32.2. The molecule has 0 aromatic heterocycles. The van der Waals surface area contributed by atoms with Crippen LogP contribution in [0.3, 0.4) is 0 Å². The number of rotatable bonds is 2. The maximum atomic E-state index is 9.82. The molecular weight excluding hydrogens is 171 g/mol. The first-order valence-electron chi connectivity index (χ1n) is 1.58. The van der Waals surface area contributed by atoms with Gasteiger partial charge in [0, 0.05) is 0 Å². The van der Waals surface area contributed by atoms with Crippen molar-refractivity contribution >= 4 is 18.0 Å². The Labute approximate surface area is 51.3 Å². The summed E-state index contributed by atoms with van der Waals surface area (Å²) in [5, 5.41) is 4.19. The lowest BCUT2D eigenvalue weighted by molar-refractivity contribution is 0.368. The van der Waals surface area contributed by atoms with E-state index in [0.717, 1.165) is 4.49 Å². The summed E-state index contributed by atoms with van der Waals surface area (Å²) in [5.74, 6) is 0. The first-order chi connectivity index (χ1) is 3.71. The van der Waals surface area contributed by atoms with Gasteiger partial charge in [0.05, 0.1) is 0 Å². The van der Waals surface area contributed by atoms with Crippen molar-refractivity contribution in [2.75, 3.05) is 0 Å². The van der Waals surface area contributed by atoms with Gasteiger partial charge in [0.15, 0.2) is 0 Å². The van der Waals surface area contributed by atoms with Gasteiger partial charge in [-0.3, -0.25) is 0 Å². The number of nitrogens with one attached hydrogen (secondary N) is 1. The molecule has 9 heavy (non-hydrogen) atoms. The molecule has 0 aliphatic heterocycles. The second-order valence-electron chi connectivity index (χ2n) is 1.18. The van der Waals surface area contributed by atoms with Gasteiger partial charge in [0.1, 0.15) is 0 Å². The molecule has 0 heterocycles. The van der Waals surface area contributed by atoms with E-state index in [1.54, 1.807) is 0 Å². The third kappa shape index (κ3) is 8.02. The summed E-state index contributed by atoms with van der Waals surface area (Å²) in [7, 11) is -9.05. The van der Waals surface area contributed by atoms with Gasteiger partial charge in [-0.2, -0.15) is 8.42 Å². The second-order valence-corrected chi connectivity index (χ2v) is 4.09. The molecule has 0 radical (unpaired) electrons. The molecule has 9 heteroatoms. The Hall–Kier alpha value is 0.0200. The maximum Gasteiger partial charge on any atom is 0.414 e. The highest BCUT2D eigenvalue weighted by Gasteiger charge is 2.18. The van der Waals surface area contributed by atoms with E-state index in [9.17, 15) is 13.0 Å². The molecule has 0 aliphatic carbocycles. The van der Waals surface area contributed by atoms with E-state index in [4.69, 9.17) is 9.79 Å². The normalized spacial score (nSPS) is 13.7. The lowest BCUT2D eigenvalue weighted by Crippen LogP contribution is -2.27. The quantitative estimate of drug-likeness (QED) is 0.357. The number of nitrogens with two attached hydrogens (primary N) is 1. The van der Waals surface area contributed by atoms with E-state index in [1.165, 1.54) is 0 Å². The molecule has 0 spiro atoms. The average Bonchev–Trinajstić information content (AvgIpc) is 1.14. The van der Waals surface area contributed by atoms with Crippen molar-refractivity contribution in [1.82, 2.24) is 4.49 Å². The van der Waals surface area contributed by atoms with Crippen molar-refractivity contribution in [3.05, 3.63) is 0 Å². The molecule has 56 valence electrons. The highest BCUT2D eigenvalue weighted by Crippen LogP contribution is 2.28. The van der Waals surface area contributed by atoms with E-state index in [0.29, 0.717) is 0 Å². The molecule has 7 nitrogen and oxygen atoms in total. The van der Waals surface area contributed by atoms with Crippen molar-refractivity contribution < 1.29 is 22.8 Å². The van der Waals surface area contributed by atoms with Crippen LogP contribution in [0, 0.1) is 0 Å². The monoisotopic (exact) mass is 176 g/mol. The van der Waals surface area contributed by atoms with Crippen LogP contribution in [0.1, 0.15) is 0 Å². The number of hydrogen-bond acceptors (Lipinski definition) is 3. The first kappa shape index (κ1) is 9.02. The lowest BCUT2D eigenvalue weighted by Gasteiger charge is -2.00. The predicted molar refractivity (Wildman–Crippen MR) is 28.3 cm³/mol. The lowest BCUT2D eigenvalue weighted by atomic mass is 13.9. The molecule has 0 unspecified atom stereocenters. The van der Waals surface area contributed by atoms with Gasteiger partial charge in [0.25, 0.3) is 10.2 Å². The molecule has 5 N–H and O–H groups in total. The summed E-state index contributed by atoms with van der Waals surface area (Å²) < 4.78 is 30.3. The van der Waals surface area contributed by atoms with Crippen LogP contribution in [0.2, 0.25) is 0 Å². The molecule has 0 aromatic carbocycles. The van der Waals surface area contributed by atoms with Crippen molar-refractivity contribution in [3.8, 4) is 0 Å². The van der Waals surface area contributed by atoms with E-state index in [1.807, 2.05) is 0 Å². The molecule has 0 fully saturated rings. The Morgan fingerprint density at radius 2 is 1.78 bits per heavy atom. The van der Waals surface area contributed by atoms with Gasteiger partial charge in [-0.05, 0) is 0 Å². The van der Waals surface area contributed by atoms with Crippen molar-refractivity contribution in [3.63, 3.8) is 0 Å². The summed E-state index contributed by atoms with van der Waals surface area (Å²) in [6, 6.07) is 0. The Morgan fingerprint density at radius 1 is 1.44 bits per heavy atom. The summed E-state index contributed by atoms with van der Waals surface area (Å²) in [4.78, 5) is 15.8. The molecule has 0 aromatic rings. The van der Waals surface area contributed by atoms with E-state index in [-0.39, 0.29) is 0 Å². The number of hydrogen-bond donors (Lipinski definition) is 4. The van der Waals surface area contributed by atoms with E-state index in [2.05, 4.69) is 5.14 Å². The molecule has 0 rings (SSSR count). The van der Waals surface area contributed by atoms with Crippen molar-refractivity contribution in [1.29, 1.82) is 0 Å². The summed E-state index contributed by atoms with van der Waals surface area (Å²) in [5.41, 5.74) is 0. The summed E-state index contributed by atoms with van der Waals surface area (Å²) >= 11 is 0. The zero-order chi connectivity index (χ0) is 7.71. The maximum absolute atomic E-state index is 9.82. The van der Waals surface area contributed by atoms with Crippen LogP contribution in [-0.2, 0) is 14.8 Å². The second kappa shape index (κ2) is 2.33. The van der Waals surface area contributed by atoms with Gasteiger partial charge < -0.3 is 9.79 Å². The fraction of sp³-hybridized carbons (Fsp3) is 0. The molecule has 0 saturated heterocycles. The Balaban J connectivity index is 4.26. The molecule has 0 atom stereocenters. The Kier molecular flexibility index (Phi) is 2.34. The van der Waals surface area contributed by atoms with Crippen molar-refractivity contribution in [2.45, 2.75) is 0 Å². The minimum Gasteiger partial charge on any atom is -0.312 e. The van der Waals surface area contributed by atoms with Crippen LogP contribution in [0.25, 0.3) is 0 Å². The van der Waals surface area contributed by atoms with Gasteiger partial charge in [-0.25, -0.2) is 9.70 Å². The molecule has 0 bridgehead atoms. The fourth-order valence-corrected chi connectivity index (χ4v) is 1.49. The predicted octanol–water partition coefficient (Wildman–Crippen LogP) is -2.13. The highest BCUT2D eigenvalue weighted by molar-refractivity contribution is 7.92. The largest absolute Gasteiger partial charge is 0.414 e. The SMILES string of the molecule is NS(=O)(=O)NP(=O)(O)O. The molecule has 0 amide bonds. The minimum atomic E-state index is -4.75. The van der Waals surface area contributed by atoms with Crippen LogP contribution in [-0.4, -0.2) is 18.2 Å². The smallest absolute Gasteiger partial charge is 0.312 e. The third-order valence-electron chi connectivity index (χ3n) is 0.246. The van der Waals surface area contributed by atoms with E-state index >= 15 is 0 Å². The first-order valence-corrected chi connectivity index (χ1v) is 4.74. The summed E-state index contributed by atoms with van der Waals surface area (Å²) in [6.45, 7) is 0. The van der Waals surface area contributed by atoms with E-state index < -0.39 is 18.0 Å². The third-order valence-corrected chi connectivity index (χ3v) is 2.22. The average molecular weight is 176 g/mol. The van der Waals surface area contributed by atoms with Crippen LogP contribution in [0.15, 0.2) is 0 Å². The standard InChI is InChI=1S/H5N2O5PS/c1-9(6,7)2-8(3,4)5/h(H2,1,6,7)(H3,2,3,4,5). The molecule has 0 saturated carbocycles.